The molecule has 3 fully saturated rings. The lowest BCUT2D eigenvalue weighted by molar-refractivity contribution is -0.138. The fourth-order valence-corrected chi connectivity index (χ4v) is 5.20. The SMILES string of the molecule is N#Cc1ccc(N2C(=O)[C@H]3[C@@H]4C[C@@H](CN4C(=O)c4ccccc4C(F)(F)F)N3C2=O)cc1C(F)(F)F. The van der Waals surface area contributed by atoms with Crippen LogP contribution in [0.25, 0.3) is 0 Å². The first-order valence-corrected chi connectivity index (χ1v) is 10.6. The van der Waals surface area contributed by atoms with Crippen LogP contribution in [0.15, 0.2) is 42.5 Å². The predicted molar refractivity (Wildman–Crippen MR) is 109 cm³/mol. The number of fused-ring (bicyclic) bond motifs is 5. The van der Waals surface area contributed by atoms with Gasteiger partial charge in [-0.1, -0.05) is 12.1 Å². The third-order valence-electron chi connectivity index (χ3n) is 6.68. The highest BCUT2D eigenvalue weighted by molar-refractivity contribution is 6.22. The second-order valence-electron chi connectivity index (χ2n) is 8.61. The number of alkyl halides is 6. The van der Waals surface area contributed by atoms with Crippen molar-refractivity contribution < 1.29 is 40.7 Å². The van der Waals surface area contributed by atoms with Crippen molar-refractivity contribution in [2.75, 3.05) is 11.4 Å². The molecule has 0 N–H and O–H groups in total. The number of urea groups is 1. The van der Waals surface area contributed by atoms with E-state index in [0.717, 1.165) is 40.1 Å². The Labute approximate surface area is 199 Å². The zero-order valence-electron chi connectivity index (χ0n) is 18.0. The molecule has 13 heteroatoms. The van der Waals surface area contributed by atoms with Crippen LogP contribution in [0.4, 0.5) is 36.8 Å². The predicted octanol–water partition coefficient (Wildman–Crippen LogP) is 4.03. The lowest BCUT2D eigenvalue weighted by Gasteiger charge is -2.35. The minimum atomic E-state index is -4.92. The molecule has 3 saturated heterocycles. The molecule has 0 unspecified atom stereocenters. The molecule has 2 aromatic rings. The molecular formula is C23H14F6N4O3. The normalized spacial score (nSPS) is 23.4. The number of piperazine rings is 1. The Morgan fingerprint density at radius 3 is 2.28 bits per heavy atom. The number of nitrogens with zero attached hydrogens (tertiary/aromatic N) is 4. The summed E-state index contributed by atoms with van der Waals surface area (Å²) < 4.78 is 80.5. The van der Waals surface area contributed by atoms with Crippen molar-refractivity contribution in [2.24, 2.45) is 0 Å². The first-order valence-electron chi connectivity index (χ1n) is 10.6. The van der Waals surface area contributed by atoms with Gasteiger partial charge in [0.05, 0.1) is 46.1 Å². The topological polar surface area (TPSA) is 84.7 Å². The molecule has 0 aliphatic carbocycles. The second kappa shape index (κ2) is 7.71. The van der Waals surface area contributed by atoms with E-state index in [-0.39, 0.29) is 13.0 Å². The summed E-state index contributed by atoms with van der Waals surface area (Å²) in [4.78, 5) is 42.2. The Hall–Kier alpha value is -4.08. The lowest BCUT2D eigenvalue weighted by atomic mass is 10.0. The average molecular weight is 508 g/mol. The van der Waals surface area contributed by atoms with E-state index >= 15 is 0 Å². The van der Waals surface area contributed by atoms with Gasteiger partial charge in [-0.25, -0.2) is 9.69 Å². The van der Waals surface area contributed by atoms with Crippen molar-refractivity contribution in [3.05, 3.63) is 64.7 Å². The molecule has 186 valence electrons. The Kier molecular flexibility index (Phi) is 5.07. The summed E-state index contributed by atoms with van der Waals surface area (Å²) >= 11 is 0. The molecule has 36 heavy (non-hydrogen) atoms. The second-order valence-corrected chi connectivity index (χ2v) is 8.61. The van der Waals surface area contributed by atoms with Gasteiger partial charge in [-0.3, -0.25) is 9.59 Å². The Bertz CT molecular complexity index is 1350. The molecule has 0 aromatic heterocycles. The number of hydrogen-bond acceptors (Lipinski definition) is 4. The van der Waals surface area contributed by atoms with Gasteiger partial charge in [0.25, 0.3) is 11.8 Å². The van der Waals surface area contributed by atoms with Gasteiger partial charge in [0.15, 0.2) is 0 Å². The van der Waals surface area contributed by atoms with Crippen molar-refractivity contribution in [1.82, 2.24) is 9.80 Å². The standard InChI is InChI=1S/C23H14F6N4O3/c24-22(25,26)15-4-2-1-3-14(15)19(34)31-10-13-8-17(31)18-20(35)33(21(36)32(13)18)12-6-5-11(9-30)16(7-12)23(27,28)29/h1-7,13,17-18H,8,10H2/t13-,17-,18+/m0/s1. The number of likely N-dealkylation sites (tertiary alicyclic amines) is 1. The Morgan fingerprint density at radius 1 is 0.972 bits per heavy atom. The number of hydrogen-bond donors (Lipinski definition) is 0. The largest absolute Gasteiger partial charge is 0.417 e. The molecule has 3 aliphatic heterocycles. The summed E-state index contributed by atoms with van der Waals surface area (Å²) in [7, 11) is 0. The van der Waals surface area contributed by atoms with Gasteiger partial charge in [0.1, 0.15) is 6.04 Å². The highest BCUT2D eigenvalue weighted by Gasteiger charge is 2.63. The van der Waals surface area contributed by atoms with E-state index < -0.39 is 76.3 Å². The number of anilines is 1. The van der Waals surface area contributed by atoms with Gasteiger partial charge < -0.3 is 9.80 Å². The summed E-state index contributed by atoms with van der Waals surface area (Å²) in [5, 5.41) is 8.98. The third-order valence-corrected chi connectivity index (χ3v) is 6.68. The van der Waals surface area contributed by atoms with Crippen LogP contribution in [0.5, 0.6) is 0 Å². The van der Waals surface area contributed by atoms with E-state index in [2.05, 4.69) is 0 Å². The van der Waals surface area contributed by atoms with Crippen LogP contribution in [0, 0.1) is 11.3 Å². The van der Waals surface area contributed by atoms with Crippen LogP contribution in [-0.2, 0) is 17.1 Å². The number of rotatable bonds is 2. The van der Waals surface area contributed by atoms with E-state index in [4.69, 9.17) is 5.26 Å². The molecule has 0 saturated carbocycles. The first-order chi connectivity index (χ1) is 16.8. The zero-order chi connectivity index (χ0) is 26.2. The molecule has 7 nitrogen and oxygen atoms in total. The summed E-state index contributed by atoms with van der Waals surface area (Å²) in [5.74, 6) is -1.85. The number of nitriles is 1. The van der Waals surface area contributed by atoms with Gasteiger partial charge in [-0.2, -0.15) is 31.6 Å². The van der Waals surface area contributed by atoms with Crippen LogP contribution >= 0.6 is 0 Å². The smallest absolute Gasteiger partial charge is 0.331 e. The van der Waals surface area contributed by atoms with Crippen LogP contribution in [0.2, 0.25) is 0 Å². The highest BCUT2D eigenvalue weighted by Crippen LogP contribution is 2.44. The van der Waals surface area contributed by atoms with Crippen molar-refractivity contribution in [3.63, 3.8) is 0 Å². The number of benzene rings is 2. The number of imide groups is 1. The Balaban J connectivity index is 1.47. The summed E-state index contributed by atoms with van der Waals surface area (Å²) in [5.41, 5.74) is -4.14. The van der Waals surface area contributed by atoms with E-state index in [1.54, 1.807) is 0 Å². The van der Waals surface area contributed by atoms with Gasteiger partial charge in [-0.15, -0.1) is 0 Å². The quantitative estimate of drug-likeness (QED) is 0.453. The maximum absolute atomic E-state index is 13.4. The zero-order valence-corrected chi connectivity index (χ0v) is 18.0. The monoisotopic (exact) mass is 508 g/mol. The summed E-state index contributed by atoms with van der Waals surface area (Å²) in [6.07, 6.45) is -9.56. The average Bonchev–Trinajstić information content (AvgIpc) is 3.48. The Morgan fingerprint density at radius 2 is 1.64 bits per heavy atom. The fraction of sp³-hybridized carbons (Fsp3) is 0.304. The number of carbonyl (C=O) groups is 3. The van der Waals surface area contributed by atoms with Crippen LogP contribution < -0.4 is 4.90 Å². The molecule has 3 atom stereocenters. The third kappa shape index (κ3) is 3.39. The molecule has 3 aliphatic rings. The molecule has 0 spiro atoms. The van der Waals surface area contributed by atoms with Crippen molar-refractivity contribution in [2.45, 2.75) is 36.9 Å². The summed E-state index contributed by atoms with van der Waals surface area (Å²) in [6, 6.07) is 4.27. The van der Waals surface area contributed by atoms with Crippen molar-refractivity contribution in [3.8, 4) is 6.07 Å². The molecule has 2 aromatic carbocycles. The van der Waals surface area contributed by atoms with Gasteiger partial charge in [-0.05, 0) is 36.8 Å². The van der Waals surface area contributed by atoms with Crippen molar-refractivity contribution >= 4 is 23.5 Å². The first kappa shape index (κ1) is 23.7. The van der Waals surface area contributed by atoms with Crippen molar-refractivity contribution in [1.29, 1.82) is 5.26 Å². The number of carbonyl (C=O) groups excluding carboxylic acids is 3. The van der Waals surface area contributed by atoms with Gasteiger partial charge in [0, 0.05) is 6.54 Å². The molecule has 4 amide bonds. The van der Waals surface area contributed by atoms with Gasteiger partial charge in [0.2, 0.25) is 0 Å². The van der Waals surface area contributed by atoms with Gasteiger partial charge >= 0.3 is 18.4 Å². The number of amides is 4. The van der Waals surface area contributed by atoms with E-state index in [0.29, 0.717) is 11.0 Å². The van der Waals surface area contributed by atoms with Crippen LogP contribution in [-0.4, -0.2) is 52.3 Å². The fourth-order valence-electron chi connectivity index (χ4n) is 5.20. The molecule has 0 radical (unpaired) electrons. The highest BCUT2D eigenvalue weighted by atomic mass is 19.4. The molecular weight excluding hydrogens is 494 g/mol. The van der Waals surface area contributed by atoms with Crippen LogP contribution in [0.3, 0.4) is 0 Å². The van der Waals surface area contributed by atoms with E-state index in [9.17, 15) is 40.7 Å². The lowest BCUT2D eigenvalue weighted by Crippen LogP contribution is -2.55. The van der Waals surface area contributed by atoms with E-state index in [1.807, 2.05) is 0 Å². The summed E-state index contributed by atoms with van der Waals surface area (Å²) in [6.45, 7) is -0.125. The molecule has 3 heterocycles. The minimum absolute atomic E-state index is 0.125. The maximum atomic E-state index is 13.4. The minimum Gasteiger partial charge on any atom is -0.331 e. The van der Waals surface area contributed by atoms with Crippen LogP contribution in [0.1, 0.15) is 33.5 Å². The maximum Gasteiger partial charge on any atom is 0.417 e. The molecule has 2 bridgehead atoms. The van der Waals surface area contributed by atoms with E-state index in [1.165, 1.54) is 12.1 Å². The molecule has 5 rings (SSSR count). The number of halogens is 6.